The van der Waals surface area contributed by atoms with E-state index in [1.807, 2.05) is 38.1 Å². The second kappa shape index (κ2) is 7.28. The van der Waals surface area contributed by atoms with Crippen LogP contribution in [0, 0.1) is 13.8 Å². The van der Waals surface area contributed by atoms with Gasteiger partial charge in [0.25, 0.3) is 11.8 Å². The number of nitrogens with zero attached hydrogens (tertiary/aromatic N) is 6. The molecule has 3 heterocycles. The number of amides is 2. The zero-order valence-corrected chi connectivity index (χ0v) is 17.4. The minimum absolute atomic E-state index is 0.0606. The maximum absolute atomic E-state index is 13.1. The van der Waals surface area contributed by atoms with Crippen LogP contribution in [0.25, 0.3) is 11.4 Å². The van der Waals surface area contributed by atoms with Crippen molar-refractivity contribution in [1.82, 2.24) is 15.1 Å². The first-order valence-electron chi connectivity index (χ1n) is 9.64. The summed E-state index contributed by atoms with van der Waals surface area (Å²) in [5.74, 6) is -0.133. The molecule has 2 aliphatic rings. The third-order valence-electron chi connectivity index (χ3n) is 5.42. The summed E-state index contributed by atoms with van der Waals surface area (Å²) in [4.78, 5) is 31.5. The molecule has 1 aromatic heterocycles. The highest BCUT2D eigenvalue weighted by Gasteiger charge is 2.55. The average Bonchev–Trinajstić information content (AvgIpc) is 3.43. The molecule has 2 aliphatic heterocycles. The SMILES string of the molecule is Cc1ccc(N2C(=O)[C@H]3N=NN(Cc4nc(-c5ccccc5C)no4)[C@H]3C2=O)cc1Cl. The fraction of sp³-hybridized carbons (Fsp3) is 0.238. The molecule has 156 valence electrons. The number of fused-ring (bicyclic) bond motifs is 1. The van der Waals surface area contributed by atoms with Gasteiger partial charge in [0.05, 0.1) is 5.69 Å². The molecule has 0 spiro atoms. The van der Waals surface area contributed by atoms with Crippen LogP contribution in [0.4, 0.5) is 5.69 Å². The summed E-state index contributed by atoms with van der Waals surface area (Å²) in [6.07, 6.45) is 0. The van der Waals surface area contributed by atoms with Crippen LogP contribution in [-0.2, 0) is 16.1 Å². The highest BCUT2D eigenvalue weighted by atomic mass is 35.5. The van der Waals surface area contributed by atoms with E-state index in [1.165, 1.54) is 5.01 Å². The Morgan fingerprint density at radius 1 is 1.06 bits per heavy atom. The van der Waals surface area contributed by atoms with Crippen LogP contribution in [0.2, 0.25) is 5.02 Å². The number of aromatic nitrogens is 2. The third kappa shape index (κ3) is 3.17. The first-order valence-corrected chi connectivity index (χ1v) is 10.0. The summed E-state index contributed by atoms with van der Waals surface area (Å²) >= 11 is 6.18. The van der Waals surface area contributed by atoms with Crippen molar-refractivity contribution in [2.24, 2.45) is 10.3 Å². The molecule has 0 radical (unpaired) electrons. The first-order chi connectivity index (χ1) is 14.9. The molecule has 2 aromatic carbocycles. The van der Waals surface area contributed by atoms with E-state index in [1.54, 1.807) is 18.2 Å². The number of carbonyl (C=O) groups excluding carboxylic acids is 2. The first kappa shape index (κ1) is 19.4. The summed E-state index contributed by atoms with van der Waals surface area (Å²) < 4.78 is 5.36. The fourth-order valence-corrected chi connectivity index (χ4v) is 3.89. The lowest BCUT2D eigenvalue weighted by Crippen LogP contribution is -2.39. The molecular formula is C21H17ClN6O3. The van der Waals surface area contributed by atoms with Gasteiger partial charge in [-0.25, -0.2) is 4.90 Å². The highest BCUT2D eigenvalue weighted by Crippen LogP contribution is 2.34. The molecule has 5 rings (SSSR count). The van der Waals surface area contributed by atoms with Crippen molar-refractivity contribution in [3.8, 4) is 11.4 Å². The molecule has 1 fully saturated rings. The number of halogens is 1. The van der Waals surface area contributed by atoms with Crippen molar-refractivity contribution in [2.45, 2.75) is 32.5 Å². The summed E-state index contributed by atoms with van der Waals surface area (Å²) in [6.45, 7) is 3.87. The number of anilines is 1. The zero-order valence-electron chi connectivity index (χ0n) is 16.7. The molecule has 0 saturated carbocycles. The Hall–Kier alpha value is -3.59. The summed E-state index contributed by atoms with van der Waals surface area (Å²) in [7, 11) is 0. The Morgan fingerprint density at radius 2 is 1.87 bits per heavy atom. The van der Waals surface area contributed by atoms with Gasteiger partial charge in [-0.3, -0.25) is 14.6 Å². The molecule has 1 saturated heterocycles. The predicted molar refractivity (Wildman–Crippen MR) is 111 cm³/mol. The number of aryl methyl sites for hydroxylation is 2. The largest absolute Gasteiger partial charge is 0.337 e. The lowest BCUT2D eigenvalue weighted by molar-refractivity contribution is -0.123. The molecule has 3 aromatic rings. The number of carbonyl (C=O) groups is 2. The summed E-state index contributed by atoms with van der Waals surface area (Å²) in [5.41, 5.74) is 3.13. The Kier molecular flexibility index (Phi) is 4.55. The lowest BCUT2D eigenvalue weighted by Gasteiger charge is -2.19. The summed E-state index contributed by atoms with van der Waals surface area (Å²) in [6, 6.07) is 11.0. The Morgan fingerprint density at radius 3 is 2.65 bits per heavy atom. The smallest absolute Gasteiger partial charge is 0.263 e. The molecule has 31 heavy (non-hydrogen) atoms. The van der Waals surface area contributed by atoms with E-state index in [4.69, 9.17) is 16.1 Å². The van der Waals surface area contributed by atoms with E-state index >= 15 is 0 Å². The van der Waals surface area contributed by atoms with Crippen molar-refractivity contribution >= 4 is 29.1 Å². The van der Waals surface area contributed by atoms with Gasteiger partial charge in [-0.05, 0) is 37.1 Å². The molecular weight excluding hydrogens is 420 g/mol. The number of rotatable bonds is 4. The Labute approximate surface area is 182 Å². The fourth-order valence-electron chi connectivity index (χ4n) is 3.72. The molecule has 0 bridgehead atoms. The summed E-state index contributed by atoms with van der Waals surface area (Å²) in [5, 5.41) is 13.9. The molecule has 2 atom stereocenters. The highest BCUT2D eigenvalue weighted by molar-refractivity contribution is 6.32. The monoisotopic (exact) mass is 436 g/mol. The van der Waals surface area contributed by atoms with E-state index in [0.717, 1.165) is 21.6 Å². The number of imide groups is 1. The van der Waals surface area contributed by atoms with Crippen LogP contribution in [0.1, 0.15) is 17.0 Å². The van der Waals surface area contributed by atoms with Crippen molar-refractivity contribution in [2.75, 3.05) is 4.90 Å². The van der Waals surface area contributed by atoms with Crippen LogP contribution < -0.4 is 4.90 Å². The van der Waals surface area contributed by atoms with Gasteiger partial charge in [0.15, 0.2) is 12.1 Å². The van der Waals surface area contributed by atoms with Crippen LogP contribution >= 0.6 is 11.6 Å². The van der Waals surface area contributed by atoms with Crippen molar-refractivity contribution in [1.29, 1.82) is 0 Å². The van der Waals surface area contributed by atoms with Crippen LogP contribution in [0.5, 0.6) is 0 Å². The third-order valence-corrected chi connectivity index (χ3v) is 5.83. The van der Waals surface area contributed by atoms with Gasteiger partial charge in [-0.1, -0.05) is 52.3 Å². The van der Waals surface area contributed by atoms with Gasteiger partial charge in [0, 0.05) is 10.6 Å². The van der Waals surface area contributed by atoms with Gasteiger partial charge < -0.3 is 4.52 Å². The maximum atomic E-state index is 13.1. The molecule has 0 aliphatic carbocycles. The lowest BCUT2D eigenvalue weighted by atomic mass is 10.1. The standard InChI is InChI=1S/C21H17ClN6O3/c1-11-5-3-4-6-14(11)19-23-16(31-25-19)10-27-18-17(24-26-27)20(29)28(21(18)30)13-8-7-12(2)15(22)9-13/h3-9,17-18H,10H2,1-2H3/t17-,18+/m0/s1. The van der Waals surface area contributed by atoms with E-state index in [-0.39, 0.29) is 12.4 Å². The number of hydrogen-bond donors (Lipinski definition) is 0. The van der Waals surface area contributed by atoms with Gasteiger partial charge in [-0.15, -0.1) is 0 Å². The van der Waals surface area contributed by atoms with E-state index in [2.05, 4.69) is 20.5 Å². The van der Waals surface area contributed by atoms with Crippen molar-refractivity contribution in [3.05, 3.63) is 64.5 Å². The molecule has 0 unspecified atom stereocenters. The quantitative estimate of drug-likeness (QED) is 0.580. The molecule has 10 heteroatoms. The van der Waals surface area contributed by atoms with Crippen molar-refractivity contribution in [3.63, 3.8) is 0 Å². The predicted octanol–water partition coefficient (Wildman–Crippen LogP) is 3.50. The van der Waals surface area contributed by atoms with E-state index in [0.29, 0.717) is 16.5 Å². The molecule has 0 N–H and O–H groups in total. The van der Waals surface area contributed by atoms with E-state index < -0.39 is 23.9 Å². The molecule has 2 amide bonds. The second-order valence-electron chi connectivity index (χ2n) is 7.46. The topological polar surface area (TPSA) is 104 Å². The normalized spacial score (nSPS) is 20.1. The van der Waals surface area contributed by atoms with Gasteiger partial charge in [-0.2, -0.15) is 10.1 Å². The van der Waals surface area contributed by atoms with Gasteiger partial charge >= 0.3 is 0 Å². The number of benzene rings is 2. The minimum Gasteiger partial charge on any atom is -0.337 e. The minimum atomic E-state index is -0.911. The Balaban J connectivity index is 1.38. The van der Waals surface area contributed by atoms with Gasteiger partial charge in [0.2, 0.25) is 11.7 Å². The van der Waals surface area contributed by atoms with Crippen molar-refractivity contribution < 1.29 is 14.1 Å². The second-order valence-corrected chi connectivity index (χ2v) is 7.87. The van der Waals surface area contributed by atoms with Crippen LogP contribution in [0.15, 0.2) is 57.3 Å². The Bertz CT molecular complexity index is 1240. The van der Waals surface area contributed by atoms with E-state index in [9.17, 15) is 9.59 Å². The molecule has 9 nitrogen and oxygen atoms in total. The maximum Gasteiger partial charge on any atom is 0.263 e. The number of hydrogen-bond acceptors (Lipinski definition) is 8. The van der Waals surface area contributed by atoms with Crippen LogP contribution in [0.3, 0.4) is 0 Å². The zero-order chi connectivity index (χ0) is 21.7. The van der Waals surface area contributed by atoms with Crippen LogP contribution in [-0.4, -0.2) is 39.0 Å². The van der Waals surface area contributed by atoms with Gasteiger partial charge in [0.1, 0.15) is 6.54 Å². The average molecular weight is 437 g/mol.